The summed E-state index contributed by atoms with van der Waals surface area (Å²) in [4.78, 5) is 12.2. The molecule has 0 bridgehead atoms. The molecule has 0 aromatic carbocycles. The van der Waals surface area contributed by atoms with Crippen molar-refractivity contribution in [3.63, 3.8) is 0 Å². The maximum atomic E-state index is 14.5. The van der Waals surface area contributed by atoms with E-state index in [0.717, 1.165) is 0 Å². The van der Waals surface area contributed by atoms with Crippen LogP contribution in [0, 0.1) is 5.92 Å². The van der Waals surface area contributed by atoms with Crippen LogP contribution >= 0.6 is 0 Å². The quantitative estimate of drug-likeness (QED) is 0.568. The Kier molecular flexibility index (Phi) is 6.09. The van der Waals surface area contributed by atoms with Gasteiger partial charge in [-0.05, 0) is 26.2 Å². The van der Waals surface area contributed by atoms with E-state index in [2.05, 4.69) is 0 Å². The largest absolute Gasteiger partial charge is 0.460 e. The van der Waals surface area contributed by atoms with E-state index in [4.69, 9.17) is 9.47 Å². The van der Waals surface area contributed by atoms with Gasteiger partial charge in [0.15, 0.2) is 5.78 Å². The van der Waals surface area contributed by atoms with Crippen LogP contribution in [0.1, 0.15) is 45.4 Å². The van der Waals surface area contributed by atoms with Gasteiger partial charge in [0.25, 0.3) is 0 Å². The lowest BCUT2D eigenvalue weighted by Gasteiger charge is -2.48. The van der Waals surface area contributed by atoms with Gasteiger partial charge in [-0.15, -0.1) is 0 Å². The van der Waals surface area contributed by atoms with Gasteiger partial charge in [0.05, 0.1) is 11.5 Å². The highest BCUT2D eigenvalue weighted by molar-refractivity contribution is 5.86. The van der Waals surface area contributed by atoms with E-state index in [0.29, 0.717) is 19.3 Å². The highest BCUT2D eigenvalue weighted by Gasteiger charge is 2.84. The second-order valence-electron chi connectivity index (χ2n) is 7.08. The molecule has 1 heterocycles. The molecule has 1 saturated heterocycles. The summed E-state index contributed by atoms with van der Waals surface area (Å²) in [5.74, 6) is -24.8. The summed E-state index contributed by atoms with van der Waals surface area (Å²) < 4.78 is 130. The molecule has 12 heteroatoms. The van der Waals surface area contributed by atoms with Gasteiger partial charge < -0.3 is 9.47 Å². The number of carbonyl (C=O) groups is 1. The second-order valence-corrected chi connectivity index (χ2v) is 7.08. The number of Topliss-reactive ketones (excluding diaryl/α,β-unsaturated/α-hetero) is 1. The Morgan fingerprint density at radius 2 is 1.50 bits per heavy atom. The highest BCUT2D eigenvalue weighted by Crippen LogP contribution is 2.58. The first-order valence-corrected chi connectivity index (χ1v) is 8.66. The third-order valence-electron chi connectivity index (χ3n) is 5.20. The maximum absolute atomic E-state index is 14.5. The first kappa shape index (κ1) is 23.2. The Morgan fingerprint density at radius 3 is 1.96 bits per heavy atom. The van der Waals surface area contributed by atoms with Crippen molar-refractivity contribution in [2.24, 2.45) is 5.92 Å². The summed E-state index contributed by atoms with van der Waals surface area (Å²) in [6.45, 7) is 1.10. The number of hydrogen-bond donors (Lipinski definition) is 0. The van der Waals surface area contributed by atoms with Gasteiger partial charge in [0.2, 0.25) is 6.29 Å². The van der Waals surface area contributed by atoms with Crippen molar-refractivity contribution < 1.29 is 53.8 Å². The molecule has 2 rings (SSSR count). The van der Waals surface area contributed by atoms with Gasteiger partial charge in [0, 0.05) is 6.61 Å². The molecule has 1 aliphatic carbocycles. The molecular weight excluding hydrogens is 411 g/mol. The molecule has 0 unspecified atom stereocenters. The molecule has 28 heavy (non-hydrogen) atoms. The third-order valence-corrected chi connectivity index (χ3v) is 5.20. The van der Waals surface area contributed by atoms with Crippen LogP contribution in [0.2, 0.25) is 0 Å². The Balaban J connectivity index is 2.46. The van der Waals surface area contributed by atoms with Crippen LogP contribution in [-0.4, -0.2) is 48.2 Å². The monoisotopic (exact) mass is 430 g/mol. The molecule has 1 saturated carbocycles. The minimum Gasteiger partial charge on any atom is -0.346 e. The van der Waals surface area contributed by atoms with Gasteiger partial charge in [-0.2, -0.15) is 39.5 Å². The normalized spacial score (nSPS) is 27.3. The predicted octanol–water partition coefficient (Wildman–Crippen LogP) is 5.13. The number of alkyl halides is 9. The fraction of sp³-hybridized carbons (Fsp3) is 0.938. The Labute approximate surface area is 154 Å². The summed E-state index contributed by atoms with van der Waals surface area (Å²) in [5, 5.41) is 0. The maximum Gasteiger partial charge on any atom is 0.460 e. The van der Waals surface area contributed by atoms with Crippen molar-refractivity contribution in [2.45, 2.75) is 81.3 Å². The standard InChI is InChI=1S/C16H19F9O3/c1-2-27-11-10(26)9(8-12(28-11)6-4-3-5-7-12)13(17,18)14(19,20)15(21,22)16(23,24)25/h9,11H,2-8H2,1H3/t9-,11-/m1/s1. The first-order valence-electron chi connectivity index (χ1n) is 8.66. The van der Waals surface area contributed by atoms with Crippen molar-refractivity contribution in [1.29, 1.82) is 0 Å². The molecule has 2 atom stereocenters. The predicted molar refractivity (Wildman–Crippen MR) is 76.3 cm³/mol. The van der Waals surface area contributed by atoms with E-state index < -0.39 is 54.0 Å². The lowest BCUT2D eigenvalue weighted by atomic mass is 9.72. The van der Waals surface area contributed by atoms with Crippen molar-refractivity contribution in [3.05, 3.63) is 0 Å². The van der Waals surface area contributed by atoms with Gasteiger partial charge >= 0.3 is 23.9 Å². The lowest BCUT2D eigenvalue weighted by Crippen LogP contribution is -2.67. The Morgan fingerprint density at radius 1 is 0.964 bits per heavy atom. The summed E-state index contributed by atoms with van der Waals surface area (Å²) in [7, 11) is 0. The van der Waals surface area contributed by atoms with Crippen LogP contribution in [0.5, 0.6) is 0 Å². The molecule has 2 fully saturated rings. The van der Waals surface area contributed by atoms with Crippen LogP contribution in [0.4, 0.5) is 39.5 Å². The number of ketones is 1. The van der Waals surface area contributed by atoms with Gasteiger partial charge in [-0.25, -0.2) is 0 Å². The molecule has 0 aromatic rings. The van der Waals surface area contributed by atoms with Crippen LogP contribution < -0.4 is 0 Å². The lowest BCUT2D eigenvalue weighted by molar-refractivity contribution is -0.404. The third kappa shape index (κ3) is 3.61. The zero-order chi connectivity index (χ0) is 21.6. The van der Waals surface area contributed by atoms with E-state index in [-0.39, 0.29) is 19.4 Å². The van der Waals surface area contributed by atoms with Crippen molar-refractivity contribution in [1.82, 2.24) is 0 Å². The molecule has 0 radical (unpaired) electrons. The van der Waals surface area contributed by atoms with Gasteiger partial charge in [-0.1, -0.05) is 19.3 Å². The molecule has 0 amide bonds. The molecule has 164 valence electrons. The zero-order valence-electron chi connectivity index (χ0n) is 14.7. The van der Waals surface area contributed by atoms with Crippen LogP contribution in [-0.2, 0) is 14.3 Å². The molecule has 0 N–H and O–H groups in total. The first-order chi connectivity index (χ1) is 12.6. The van der Waals surface area contributed by atoms with Gasteiger partial charge in [0.1, 0.15) is 0 Å². The van der Waals surface area contributed by atoms with Crippen molar-refractivity contribution in [3.8, 4) is 0 Å². The van der Waals surface area contributed by atoms with Crippen LogP contribution in [0.15, 0.2) is 0 Å². The minimum absolute atomic E-state index is 0.0671. The van der Waals surface area contributed by atoms with E-state index in [1.54, 1.807) is 0 Å². The van der Waals surface area contributed by atoms with Crippen LogP contribution in [0.25, 0.3) is 0 Å². The number of halogens is 9. The number of hydrogen-bond acceptors (Lipinski definition) is 3. The Bertz CT molecular complexity index is 582. The molecular formula is C16H19F9O3. The van der Waals surface area contributed by atoms with Crippen molar-refractivity contribution >= 4 is 5.78 Å². The molecule has 3 nitrogen and oxygen atoms in total. The van der Waals surface area contributed by atoms with E-state index in [1.165, 1.54) is 6.92 Å². The average molecular weight is 430 g/mol. The molecule has 2 aliphatic rings. The molecule has 1 spiro atoms. The number of ether oxygens (including phenoxy) is 2. The fourth-order valence-electron chi connectivity index (χ4n) is 3.67. The smallest absolute Gasteiger partial charge is 0.346 e. The highest BCUT2D eigenvalue weighted by atomic mass is 19.4. The fourth-order valence-corrected chi connectivity index (χ4v) is 3.67. The van der Waals surface area contributed by atoms with E-state index in [1.807, 2.05) is 0 Å². The van der Waals surface area contributed by atoms with Crippen LogP contribution in [0.3, 0.4) is 0 Å². The minimum atomic E-state index is -7.04. The summed E-state index contributed by atoms with van der Waals surface area (Å²) in [6.07, 6.45) is -8.40. The molecule has 0 aromatic heterocycles. The Hall–Kier alpha value is -1.04. The van der Waals surface area contributed by atoms with E-state index >= 15 is 0 Å². The number of rotatable bonds is 5. The average Bonchev–Trinajstić information content (AvgIpc) is 2.57. The second kappa shape index (κ2) is 7.33. The topological polar surface area (TPSA) is 35.5 Å². The summed E-state index contributed by atoms with van der Waals surface area (Å²) >= 11 is 0. The van der Waals surface area contributed by atoms with Gasteiger partial charge in [-0.3, -0.25) is 4.79 Å². The zero-order valence-corrected chi connectivity index (χ0v) is 14.7. The SMILES string of the molecule is CCO[C@@H]1OC2(CCCCC2)C[C@@H](C(F)(F)C(F)(F)C(F)(F)C(F)(F)F)C1=O. The van der Waals surface area contributed by atoms with Crippen molar-refractivity contribution in [2.75, 3.05) is 6.61 Å². The summed E-state index contributed by atoms with van der Waals surface area (Å²) in [6, 6.07) is 0. The van der Waals surface area contributed by atoms with E-state index in [9.17, 15) is 44.3 Å². The molecule has 1 aliphatic heterocycles. The summed E-state index contributed by atoms with van der Waals surface area (Å²) in [5.41, 5.74) is -1.52. The number of carbonyl (C=O) groups excluding carboxylic acids is 1.